The molecule has 3 aromatic heterocycles. The smallest absolute Gasteiger partial charge is 0.138 e. The lowest BCUT2D eigenvalue weighted by molar-refractivity contribution is 0.305. The van der Waals surface area contributed by atoms with Crippen LogP contribution in [-0.2, 0) is 13.2 Å². The fourth-order valence-corrected chi connectivity index (χ4v) is 5.15. The first kappa shape index (κ1) is 23.0. The van der Waals surface area contributed by atoms with E-state index in [0.717, 1.165) is 61.4 Å². The lowest BCUT2D eigenvalue weighted by Gasteiger charge is -2.18. The molecule has 0 spiro atoms. The van der Waals surface area contributed by atoms with Crippen LogP contribution in [0.3, 0.4) is 0 Å². The van der Waals surface area contributed by atoms with Crippen molar-refractivity contribution in [3.63, 3.8) is 0 Å². The van der Waals surface area contributed by atoms with E-state index in [1.54, 1.807) is 18.7 Å². The van der Waals surface area contributed by atoms with E-state index in [9.17, 15) is 0 Å². The van der Waals surface area contributed by atoms with Gasteiger partial charge in [0.1, 0.15) is 18.1 Å². The fourth-order valence-electron chi connectivity index (χ4n) is 5.15. The van der Waals surface area contributed by atoms with Gasteiger partial charge in [0.2, 0.25) is 0 Å². The Hall–Kier alpha value is -5.10. The third kappa shape index (κ3) is 4.36. The number of furan rings is 1. The van der Waals surface area contributed by atoms with E-state index in [1.165, 1.54) is 11.1 Å². The van der Waals surface area contributed by atoms with E-state index < -0.39 is 0 Å². The molecule has 39 heavy (non-hydrogen) atoms. The first-order chi connectivity index (χ1) is 19.2. The maximum Gasteiger partial charge on any atom is 0.138 e. The van der Waals surface area contributed by atoms with Gasteiger partial charge in [0, 0.05) is 33.8 Å². The topological polar surface area (TPSA) is 75.4 Å². The Kier molecular flexibility index (Phi) is 5.70. The number of pyridine rings is 1. The molecule has 0 amide bonds. The number of aryl methyl sites for hydroxylation is 1. The summed E-state index contributed by atoms with van der Waals surface area (Å²) >= 11 is 0. The van der Waals surface area contributed by atoms with Gasteiger partial charge in [0.25, 0.3) is 0 Å². The Morgan fingerprint density at radius 1 is 0.872 bits per heavy atom. The SMILES string of the molecule is Cc1ccc(-c2ccoc2)c2cc(C3=NNCc4ccc(-c5cncc(OCc6ccccc6)c5)cc43)[nH]c12. The van der Waals surface area contributed by atoms with Crippen molar-refractivity contribution >= 4 is 16.6 Å². The van der Waals surface area contributed by atoms with Crippen LogP contribution in [0.2, 0.25) is 0 Å². The molecule has 0 bridgehead atoms. The highest BCUT2D eigenvalue weighted by atomic mass is 16.5. The summed E-state index contributed by atoms with van der Waals surface area (Å²) in [5.74, 6) is 0.738. The number of hydrogen-bond acceptors (Lipinski definition) is 5. The van der Waals surface area contributed by atoms with Gasteiger partial charge in [-0.25, -0.2) is 0 Å². The number of hydrogen-bond donors (Lipinski definition) is 2. The first-order valence-corrected chi connectivity index (χ1v) is 12.9. The van der Waals surface area contributed by atoms with Gasteiger partial charge in [0.15, 0.2) is 0 Å². The van der Waals surface area contributed by atoms with Gasteiger partial charge in [0.05, 0.1) is 31.0 Å². The van der Waals surface area contributed by atoms with Crippen LogP contribution in [0.1, 0.15) is 27.9 Å². The molecule has 6 aromatic rings. The minimum Gasteiger partial charge on any atom is -0.487 e. The second kappa shape index (κ2) is 9.65. The maximum atomic E-state index is 6.04. The molecule has 0 fully saturated rings. The highest BCUT2D eigenvalue weighted by molar-refractivity contribution is 6.16. The van der Waals surface area contributed by atoms with Crippen LogP contribution >= 0.6 is 0 Å². The number of nitrogens with zero attached hydrogens (tertiary/aromatic N) is 2. The Morgan fingerprint density at radius 2 is 1.79 bits per heavy atom. The van der Waals surface area contributed by atoms with Gasteiger partial charge in [-0.1, -0.05) is 54.6 Å². The van der Waals surface area contributed by atoms with Crippen LogP contribution in [0.4, 0.5) is 0 Å². The van der Waals surface area contributed by atoms with Crippen molar-refractivity contribution in [2.45, 2.75) is 20.1 Å². The van der Waals surface area contributed by atoms with Crippen molar-refractivity contribution in [1.82, 2.24) is 15.4 Å². The second-order valence-corrected chi connectivity index (χ2v) is 9.76. The highest BCUT2D eigenvalue weighted by Gasteiger charge is 2.20. The molecule has 4 heterocycles. The number of aromatic amines is 1. The summed E-state index contributed by atoms with van der Waals surface area (Å²) in [4.78, 5) is 8.10. The zero-order valence-corrected chi connectivity index (χ0v) is 21.4. The molecule has 0 unspecified atom stereocenters. The Bertz CT molecular complexity index is 1820. The van der Waals surface area contributed by atoms with Gasteiger partial charge in [-0.2, -0.15) is 5.10 Å². The van der Waals surface area contributed by atoms with Gasteiger partial charge in [-0.15, -0.1) is 0 Å². The summed E-state index contributed by atoms with van der Waals surface area (Å²) < 4.78 is 11.4. The third-order valence-electron chi connectivity index (χ3n) is 7.21. The van der Waals surface area contributed by atoms with Crippen molar-refractivity contribution in [1.29, 1.82) is 0 Å². The van der Waals surface area contributed by atoms with Crippen LogP contribution in [-0.4, -0.2) is 15.7 Å². The minimum absolute atomic E-state index is 0.499. The summed E-state index contributed by atoms with van der Waals surface area (Å²) in [7, 11) is 0. The molecule has 7 rings (SSSR count). The number of aromatic nitrogens is 2. The number of fused-ring (bicyclic) bond motifs is 2. The predicted molar refractivity (Wildman–Crippen MR) is 154 cm³/mol. The molecule has 3 aromatic carbocycles. The maximum absolute atomic E-state index is 6.04. The first-order valence-electron chi connectivity index (χ1n) is 12.9. The molecule has 0 atom stereocenters. The molecule has 0 radical (unpaired) electrons. The van der Waals surface area contributed by atoms with E-state index in [0.29, 0.717) is 13.2 Å². The summed E-state index contributed by atoms with van der Waals surface area (Å²) in [6, 6.07) is 27.1. The Morgan fingerprint density at radius 3 is 2.67 bits per heavy atom. The number of rotatable bonds is 6. The van der Waals surface area contributed by atoms with Gasteiger partial charge in [-0.05, 0) is 59.0 Å². The molecule has 1 aliphatic heterocycles. The summed E-state index contributed by atoms with van der Waals surface area (Å²) in [6.07, 6.45) is 7.12. The molecule has 6 heteroatoms. The van der Waals surface area contributed by atoms with E-state index >= 15 is 0 Å². The predicted octanol–water partition coefficient (Wildman–Crippen LogP) is 7.23. The lowest BCUT2D eigenvalue weighted by atomic mass is 9.94. The van der Waals surface area contributed by atoms with Crippen LogP contribution in [0.15, 0.2) is 113 Å². The van der Waals surface area contributed by atoms with E-state index in [-0.39, 0.29) is 0 Å². The number of nitrogens with one attached hydrogen (secondary N) is 2. The Labute approximate surface area is 226 Å². The van der Waals surface area contributed by atoms with E-state index in [1.807, 2.05) is 36.5 Å². The normalized spacial score (nSPS) is 12.6. The average Bonchev–Trinajstić information content (AvgIpc) is 3.68. The van der Waals surface area contributed by atoms with Crippen LogP contribution in [0, 0.1) is 6.92 Å². The van der Waals surface area contributed by atoms with Gasteiger partial charge < -0.3 is 19.6 Å². The number of hydrazone groups is 1. The van der Waals surface area contributed by atoms with Crippen molar-refractivity contribution in [3.8, 4) is 28.0 Å². The zero-order valence-electron chi connectivity index (χ0n) is 21.4. The molecule has 0 saturated carbocycles. The molecule has 0 aliphatic carbocycles. The molecule has 2 N–H and O–H groups in total. The van der Waals surface area contributed by atoms with E-state index in [2.05, 4.69) is 70.8 Å². The lowest BCUT2D eigenvalue weighted by Crippen LogP contribution is -2.21. The third-order valence-corrected chi connectivity index (χ3v) is 7.21. The number of benzene rings is 3. The molecular formula is C33H26N4O2. The van der Waals surface area contributed by atoms with Crippen LogP contribution in [0.25, 0.3) is 33.2 Å². The van der Waals surface area contributed by atoms with Crippen LogP contribution < -0.4 is 10.2 Å². The number of H-pyrrole nitrogens is 1. The van der Waals surface area contributed by atoms with Crippen molar-refractivity contribution in [3.05, 3.63) is 132 Å². The summed E-state index contributed by atoms with van der Waals surface area (Å²) in [5, 5.41) is 5.89. The average molecular weight is 511 g/mol. The number of ether oxygens (including phenoxy) is 1. The largest absolute Gasteiger partial charge is 0.487 e. The van der Waals surface area contributed by atoms with Gasteiger partial charge in [-0.3, -0.25) is 4.98 Å². The van der Waals surface area contributed by atoms with Gasteiger partial charge >= 0.3 is 0 Å². The molecule has 6 nitrogen and oxygen atoms in total. The fraction of sp³-hybridized carbons (Fsp3) is 0.0909. The van der Waals surface area contributed by atoms with Crippen LogP contribution in [0.5, 0.6) is 5.75 Å². The molecular weight excluding hydrogens is 484 g/mol. The van der Waals surface area contributed by atoms with Crippen molar-refractivity contribution < 1.29 is 9.15 Å². The monoisotopic (exact) mass is 510 g/mol. The molecule has 0 saturated heterocycles. The van der Waals surface area contributed by atoms with E-state index in [4.69, 9.17) is 14.3 Å². The van der Waals surface area contributed by atoms with Crippen molar-refractivity contribution in [2.75, 3.05) is 0 Å². The second-order valence-electron chi connectivity index (χ2n) is 9.76. The standard InChI is InChI=1S/C33H26N4O2/c1-21-7-10-28(25-11-12-38-20-25)30-15-31(36-32(21)30)33-29-14-23(8-9-24(29)17-35-37-33)26-13-27(18-34-16-26)39-19-22-5-3-2-4-6-22/h2-16,18,20,35-36H,17,19H2,1H3. The molecule has 190 valence electrons. The summed E-state index contributed by atoms with van der Waals surface area (Å²) in [5.41, 5.74) is 15.0. The zero-order chi connectivity index (χ0) is 26.2. The quantitative estimate of drug-likeness (QED) is 0.248. The van der Waals surface area contributed by atoms with Crippen molar-refractivity contribution in [2.24, 2.45) is 5.10 Å². The minimum atomic E-state index is 0.499. The summed E-state index contributed by atoms with van der Waals surface area (Å²) in [6.45, 7) is 3.30. The Balaban J connectivity index is 1.24. The molecule has 1 aliphatic rings. The highest BCUT2D eigenvalue weighted by Crippen LogP contribution is 2.34.